The van der Waals surface area contributed by atoms with Crippen LogP contribution in [0.2, 0.25) is 0 Å². The van der Waals surface area contributed by atoms with E-state index in [1.807, 2.05) is 0 Å². The summed E-state index contributed by atoms with van der Waals surface area (Å²) in [4.78, 5) is 23.4. The number of nitrogens with one attached hydrogen (secondary N) is 1. The van der Waals surface area contributed by atoms with Crippen molar-refractivity contribution in [3.05, 3.63) is 64.7 Å². The molecule has 2 fully saturated rings. The van der Waals surface area contributed by atoms with Crippen LogP contribution in [0.4, 0.5) is 5.69 Å². The Morgan fingerprint density at radius 3 is 2.18 bits per heavy atom. The molecule has 2 aliphatic rings. The van der Waals surface area contributed by atoms with Crippen LogP contribution in [-0.4, -0.2) is 23.5 Å². The molecular formula is C23H27N2O7P. The number of carbonyl (C=O) groups is 1. The number of nitro groups is 1. The van der Waals surface area contributed by atoms with E-state index in [1.165, 1.54) is 24.3 Å². The number of carbonyl (C=O) groups excluding carboxylic acids is 1. The zero-order chi connectivity index (χ0) is 23.3. The lowest BCUT2D eigenvalue weighted by atomic mass is 9.99. The molecule has 1 N–H and O–H groups in total. The van der Waals surface area contributed by atoms with Crippen LogP contribution in [0, 0.1) is 22.0 Å². The predicted octanol–water partition coefficient (Wildman–Crippen LogP) is 5.26. The summed E-state index contributed by atoms with van der Waals surface area (Å²) in [6, 6.07) is 12.8. The molecule has 176 valence electrons. The average molecular weight is 474 g/mol. The van der Waals surface area contributed by atoms with Gasteiger partial charge in [0.15, 0.2) is 0 Å². The Morgan fingerprint density at radius 1 is 1.00 bits per heavy atom. The van der Waals surface area contributed by atoms with E-state index in [1.54, 1.807) is 30.3 Å². The van der Waals surface area contributed by atoms with E-state index in [-0.39, 0.29) is 17.4 Å². The lowest BCUT2D eigenvalue weighted by Gasteiger charge is -2.28. The third kappa shape index (κ3) is 6.55. The number of para-hydroxylation sites is 1. The summed E-state index contributed by atoms with van der Waals surface area (Å²) in [6.45, 7) is 0.358. The molecule has 0 aliphatic heterocycles. The second kappa shape index (κ2) is 10.4. The third-order valence-corrected chi connectivity index (χ3v) is 7.32. The SMILES string of the molecule is O=C(OCC1CC1)[C@@H](NP(=O)(Oc1ccccc1)Oc1ccc([N+](=O)[O-])cc1)C1CCCC1. The molecule has 0 spiro atoms. The number of nitrogens with zero attached hydrogens (tertiary/aromatic N) is 1. The normalized spacial score (nSPS) is 18.8. The predicted molar refractivity (Wildman–Crippen MR) is 121 cm³/mol. The number of non-ortho nitro benzene ring substituents is 1. The van der Waals surface area contributed by atoms with Crippen LogP contribution in [0.3, 0.4) is 0 Å². The number of rotatable bonds is 11. The fraction of sp³-hybridized carbons (Fsp3) is 0.435. The zero-order valence-corrected chi connectivity index (χ0v) is 19.0. The summed E-state index contributed by atoms with van der Waals surface area (Å²) in [6.07, 6.45) is 5.66. The van der Waals surface area contributed by atoms with Crippen molar-refractivity contribution >= 4 is 19.4 Å². The van der Waals surface area contributed by atoms with Crippen LogP contribution < -0.4 is 14.1 Å². The van der Waals surface area contributed by atoms with Gasteiger partial charge in [-0.15, -0.1) is 0 Å². The molecule has 10 heteroatoms. The highest BCUT2D eigenvalue weighted by atomic mass is 31.2. The van der Waals surface area contributed by atoms with E-state index in [0.29, 0.717) is 18.3 Å². The first-order valence-electron chi connectivity index (χ1n) is 11.1. The number of esters is 1. The molecule has 1 unspecified atom stereocenters. The van der Waals surface area contributed by atoms with E-state index < -0.39 is 24.7 Å². The number of hydrogen-bond acceptors (Lipinski definition) is 7. The Labute approximate surface area is 192 Å². The van der Waals surface area contributed by atoms with Gasteiger partial charge in [0.1, 0.15) is 17.5 Å². The van der Waals surface area contributed by atoms with Crippen molar-refractivity contribution in [2.75, 3.05) is 6.61 Å². The lowest BCUT2D eigenvalue weighted by molar-refractivity contribution is -0.384. The van der Waals surface area contributed by atoms with Crippen molar-refractivity contribution in [2.45, 2.75) is 44.6 Å². The van der Waals surface area contributed by atoms with Crippen molar-refractivity contribution < 1.29 is 28.1 Å². The molecule has 33 heavy (non-hydrogen) atoms. The number of benzene rings is 2. The molecule has 2 atom stereocenters. The van der Waals surface area contributed by atoms with E-state index in [0.717, 1.165) is 38.5 Å². The number of ether oxygens (including phenoxy) is 1. The highest BCUT2D eigenvalue weighted by Crippen LogP contribution is 2.47. The van der Waals surface area contributed by atoms with Gasteiger partial charge in [0.2, 0.25) is 0 Å². The minimum absolute atomic E-state index is 0.0511. The third-order valence-electron chi connectivity index (χ3n) is 5.82. The molecular weight excluding hydrogens is 447 g/mol. The van der Waals surface area contributed by atoms with Gasteiger partial charge in [0, 0.05) is 12.1 Å². The van der Waals surface area contributed by atoms with E-state index >= 15 is 0 Å². The van der Waals surface area contributed by atoms with Crippen LogP contribution >= 0.6 is 7.75 Å². The summed E-state index contributed by atoms with van der Waals surface area (Å²) in [5, 5.41) is 13.8. The summed E-state index contributed by atoms with van der Waals surface area (Å²) in [5.41, 5.74) is -0.124. The van der Waals surface area contributed by atoms with Crippen molar-refractivity contribution in [3.8, 4) is 11.5 Å². The molecule has 0 radical (unpaired) electrons. The Hall–Kier alpha value is -2.90. The molecule has 0 saturated heterocycles. The molecule has 2 saturated carbocycles. The fourth-order valence-corrected chi connectivity index (χ4v) is 5.44. The zero-order valence-electron chi connectivity index (χ0n) is 18.1. The summed E-state index contributed by atoms with van der Waals surface area (Å²) >= 11 is 0. The van der Waals surface area contributed by atoms with E-state index in [4.69, 9.17) is 13.8 Å². The first kappa shape index (κ1) is 23.3. The van der Waals surface area contributed by atoms with Gasteiger partial charge in [0.25, 0.3) is 5.69 Å². The quantitative estimate of drug-likeness (QED) is 0.203. The second-order valence-electron chi connectivity index (χ2n) is 8.47. The van der Waals surface area contributed by atoms with Crippen molar-refractivity contribution in [3.63, 3.8) is 0 Å². The Morgan fingerprint density at radius 2 is 1.61 bits per heavy atom. The summed E-state index contributed by atoms with van der Waals surface area (Å²) in [5.74, 6) is 0.306. The molecule has 2 aromatic rings. The molecule has 2 aliphatic carbocycles. The maximum absolute atomic E-state index is 13.9. The van der Waals surface area contributed by atoms with Gasteiger partial charge in [-0.25, -0.2) is 4.57 Å². The highest BCUT2D eigenvalue weighted by molar-refractivity contribution is 7.52. The van der Waals surface area contributed by atoms with Crippen molar-refractivity contribution in [2.24, 2.45) is 11.8 Å². The maximum Gasteiger partial charge on any atom is 0.513 e. The van der Waals surface area contributed by atoms with Crippen LogP contribution in [0.25, 0.3) is 0 Å². The Balaban J connectivity index is 1.57. The van der Waals surface area contributed by atoms with Gasteiger partial charge in [-0.1, -0.05) is 31.0 Å². The van der Waals surface area contributed by atoms with Gasteiger partial charge < -0.3 is 13.8 Å². The van der Waals surface area contributed by atoms with Crippen LogP contribution in [0.15, 0.2) is 54.6 Å². The Bertz CT molecular complexity index is 1010. The number of hydrogen-bond donors (Lipinski definition) is 1. The van der Waals surface area contributed by atoms with Gasteiger partial charge in [0.05, 0.1) is 11.5 Å². The maximum atomic E-state index is 13.9. The van der Waals surface area contributed by atoms with Gasteiger partial charge in [-0.2, -0.15) is 5.09 Å². The van der Waals surface area contributed by atoms with Gasteiger partial charge in [-0.3, -0.25) is 14.9 Å². The highest BCUT2D eigenvalue weighted by Gasteiger charge is 2.41. The van der Waals surface area contributed by atoms with Crippen LogP contribution in [-0.2, 0) is 14.1 Å². The molecule has 4 rings (SSSR count). The molecule has 0 aromatic heterocycles. The van der Waals surface area contributed by atoms with Crippen LogP contribution in [0.1, 0.15) is 38.5 Å². The molecule has 9 nitrogen and oxygen atoms in total. The molecule has 0 heterocycles. The minimum Gasteiger partial charge on any atom is -0.464 e. The minimum atomic E-state index is -4.12. The molecule has 0 bridgehead atoms. The first-order valence-corrected chi connectivity index (χ1v) is 12.7. The van der Waals surface area contributed by atoms with Crippen molar-refractivity contribution in [1.29, 1.82) is 0 Å². The molecule has 2 aromatic carbocycles. The summed E-state index contributed by atoms with van der Waals surface area (Å²) in [7, 11) is -4.12. The first-order chi connectivity index (χ1) is 15.9. The van der Waals surface area contributed by atoms with Gasteiger partial charge >= 0.3 is 13.7 Å². The monoisotopic (exact) mass is 474 g/mol. The Kier molecular flexibility index (Phi) is 7.30. The van der Waals surface area contributed by atoms with E-state index in [2.05, 4.69) is 5.09 Å². The topological polar surface area (TPSA) is 117 Å². The van der Waals surface area contributed by atoms with Crippen molar-refractivity contribution in [1.82, 2.24) is 5.09 Å². The number of nitro benzene ring substituents is 1. The standard InChI is InChI=1S/C23H27N2O7P/c26-23(30-16-17-10-11-17)22(18-6-4-5-7-18)24-33(29,31-20-8-2-1-3-9-20)32-21-14-12-19(13-15-21)25(27)28/h1-3,8-9,12-15,17-18,22H,4-7,10-11,16H2,(H,24,29)/t22-,33?/m0/s1. The largest absolute Gasteiger partial charge is 0.513 e. The van der Waals surface area contributed by atoms with Gasteiger partial charge in [-0.05, 0) is 61.8 Å². The molecule has 0 amide bonds. The summed E-state index contributed by atoms with van der Waals surface area (Å²) < 4.78 is 30.9. The smallest absolute Gasteiger partial charge is 0.464 e. The second-order valence-corrected chi connectivity index (χ2v) is 10.1. The lowest BCUT2D eigenvalue weighted by Crippen LogP contribution is -2.43. The average Bonchev–Trinajstić information content (AvgIpc) is 3.48. The van der Waals surface area contributed by atoms with E-state index in [9.17, 15) is 19.5 Å². The fourth-order valence-electron chi connectivity index (χ4n) is 3.84. The van der Waals surface area contributed by atoms with Crippen LogP contribution in [0.5, 0.6) is 11.5 Å².